The van der Waals surface area contributed by atoms with Crippen LogP contribution in [0.1, 0.15) is 11.1 Å². The highest BCUT2D eigenvalue weighted by molar-refractivity contribution is 6.05. The number of aliphatic hydroxyl groups excluding tert-OH is 1. The number of rotatable bonds is 14. The predicted octanol–water partition coefficient (Wildman–Crippen LogP) is 4.16. The summed E-state index contributed by atoms with van der Waals surface area (Å²) in [6.45, 7) is 0.327. The van der Waals surface area contributed by atoms with Gasteiger partial charge in [-0.3, -0.25) is 19.2 Å². The van der Waals surface area contributed by atoms with Crippen LogP contribution in [0.2, 0.25) is 0 Å². The summed E-state index contributed by atoms with van der Waals surface area (Å²) in [6.07, 6.45) is 3.47. The lowest BCUT2D eigenvalue weighted by atomic mass is 10.2. The van der Waals surface area contributed by atoms with Crippen molar-refractivity contribution in [2.24, 2.45) is 0 Å². The van der Waals surface area contributed by atoms with Gasteiger partial charge in [0.1, 0.15) is 0 Å². The molecule has 0 saturated heterocycles. The molecule has 0 bridgehead atoms. The second-order valence-electron chi connectivity index (χ2n) is 10.3. The maximum absolute atomic E-state index is 13.0. The van der Waals surface area contributed by atoms with Gasteiger partial charge in [0.15, 0.2) is 0 Å². The highest BCUT2D eigenvalue weighted by atomic mass is 16.3. The van der Waals surface area contributed by atoms with Gasteiger partial charge in [-0.05, 0) is 35.4 Å². The lowest BCUT2D eigenvalue weighted by Gasteiger charge is -2.21. The Hall–Kier alpha value is -5.80. The van der Waals surface area contributed by atoms with Crippen LogP contribution in [0.3, 0.4) is 0 Å². The van der Waals surface area contributed by atoms with E-state index in [1.165, 1.54) is 12.2 Å². The molecule has 0 aliphatic heterocycles. The highest BCUT2D eigenvalue weighted by Gasteiger charge is 2.16. The maximum Gasteiger partial charge on any atom is 0.251 e. The molecule has 4 rings (SSSR count). The smallest absolute Gasteiger partial charge is 0.251 e. The van der Waals surface area contributed by atoms with Crippen LogP contribution in [-0.2, 0) is 32.3 Å². The summed E-state index contributed by atoms with van der Waals surface area (Å²) in [4.78, 5) is 53.9. The lowest BCUT2D eigenvalue weighted by molar-refractivity contribution is -0.118. The molecule has 3 N–H and O–H groups in total. The van der Waals surface area contributed by atoms with E-state index in [4.69, 9.17) is 0 Å². The van der Waals surface area contributed by atoms with Crippen molar-refractivity contribution in [3.8, 4) is 0 Å². The Morgan fingerprint density at radius 3 is 1.20 bits per heavy atom. The van der Waals surface area contributed by atoms with Crippen molar-refractivity contribution in [3.63, 3.8) is 0 Å². The maximum atomic E-state index is 13.0. The number of benzene rings is 4. The van der Waals surface area contributed by atoms with Crippen molar-refractivity contribution in [2.45, 2.75) is 19.2 Å². The van der Waals surface area contributed by atoms with Crippen LogP contribution < -0.4 is 20.4 Å². The molecule has 0 spiro atoms. The number of aliphatic hydroxyl groups is 1. The molecule has 0 unspecified atom stereocenters. The van der Waals surface area contributed by atoms with Gasteiger partial charge in [-0.1, -0.05) is 97.1 Å². The van der Waals surface area contributed by atoms with Gasteiger partial charge in [-0.25, -0.2) is 0 Å². The van der Waals surface area contributed by atoms with E-state index in [1.807, 2.05) is 121 Å². The van der Waals surface area contributed by atoms with Gasteiger partial charge < -0.3 is 25.5 Å². The average Bonchev–Trinajstić information content (AvgIpc) is 3.10. The van der Waals surface area contributed by atoms with Crippen molar-refractivity contribution in [1.29, 1.82) is 0 Å². The molecule has 0 aliphatic carbocycles. The molecule has 9 heteroatoms. The monoisotopic (exact) mass is 616 g/mol. The molecule has 4 amide bonds. The minimum atomic E-state index is -1.10. The SMILES string of the molecule is O=C(/C=C/C(=O)N(Cc1ccccc1)c1ccccc1)NCC(O)CNC(=O)/C=C/C(=O)N(Cc1ccccc1)c1ccccc1. The number of amides is 4. The van der Waals surface area contributed by atoms with E-state index in [1.54, 1.807) is 9.80 Å². The fourth-order valence-electron chi connectivity index (χ4n) is 4.44. The Balaban J connectivity index is 1.24. The zero-order valence-corrected chi connectivity index (χ0v) is 25.2. The van der Waals surface area contributed by atoms with Crippen LogP contribution in [0.4, 0.5) is 11.4 Å². The van der Waals surface area contributed by atoms with Crippen LogP contribution in [0.5, 0.6) is 0 Å². The average molecular weight is 617 g/mol. The van der Waals surface area contributed by atoms with Crippen LogP contribution in [0, 0.1) is 0 Å². The van der Waals surface area contributed by atoms with Gasteiger partial charge in [0, 0.05) is 48.8 Å². The van der Waals surface area contributed by atoms with Crippen molar-refractivity contribution in [2.75, 3.05) is 22.9 Å². The first-order valence-corrected chi connectivity index (χ1v) is 14.8. The molecule has 4 aromatic carbocycles. The zero-order chi connectivity index (χ0) is 32.6. The van der Waals surface area contributed by atoms with E-state index in [0.29, 0.717) is 24.5 Å². The first-order chi connectivity index (χ1) is 22.4. The van der Waals surface area contributed by atoms with E-state index >= 15 is 0 Å². The minimum Gasteiger partial charge on any atom is -0.389 e. The molecule has 0 heterocycles. The van der Waals surface area contributed by atoms with Crippen molar-refractivity contribution in [3.05, 3.63) is 157 Å². The quantitative estimate of drug-likeness (QED) is 0.184. The second-order valence-corrected chi connectivity index (χ2v) is 10.3. The van der Waals surface area contributed by atoms with E-state index in [-0.39, 0.29) is 24.9 Å². The number of nitrogens with one attached hydrogen (secondary N) is 2. The molecule has 9 nitrogen and oxygen atoms in total. The molecule has 46 heavy (non-hydrogen) atoms. The standard InChI is InChI=1S/C37H36N4O5/c42-33(25-38-34(43)21-23-36(45)40(31-17-9-3-10-18-31)27-29-13-5-1-6-14-29)26-39-35(44)22-24-37(46)41(32-19-11-4-12-20-32)28-30-15-7-2-8-16-30/h1-24,33,42H,25-28H2,(H,38,43)(H,39,44)/b23-21+,24-22+. The van der Waals surface area contributed by atoms with Gasteiger partial charge in [0.25, 0.3) is 11.8 Å². The Morgan fingerprint density at radius 1 is 0.522 bits per heavy atom. The summed E-state index contributed by atoms with van der Waals surface area (Å²) in [5.74, 6) is -1.91. The molecule has 0 fully saturated rings. The third kappa shape index (κ3) is 10.7. The summed E-state index contributed by atoms with van der Waals surface area (Å²) in [7, 11) is 0. The van der Waals surface area contributed by atoms with Crippen LogP contribution in [-0.4, -0.2) is 47.9 Å². The topological polar surface area (TPSA) is 119 Å². The Kier molecular flexibility index (Phi) is 12.6. The number of nitrogens with zero attached hydrogens (tertiary/aromatic N) is 2. The third-order valence-corrected chi connectivity index (χ3v) is 6.81. The summed E-state index contributed by atoms with van der Waals surface area (Å²) < 4.78 is 0. The third-order valence-electron chi connectivity index (χ3n) is 6.81. The second kappa shape index (κ2) is 17.5. The number of carbonyl (C=O) groups excluding carboxylic acids is 4. The van der Waals surface area contributed by atoms with Crippen LogP contribution in [0.25, 0.3) is 0 Å². The van der Waals surface area contributed by atoms with Gasteiger partial charge in [0.05, 0.1) is 19.2 Å². The summed E-state index contributed by atoms with van der Waals surface area (Å²) >= 11 is 0. The first kappa shape index (κ1) is 33.1. The largest absolute Gasteiger partial charge is 0.389 e. The molecular weight excluding hydrogens is 580 g/mol. The van der Waals surface area contributed by atoms with Crippen molar-refractivity contribution in [1.82, 2.24) is 10.6 Å². The van der Waals surface area contributed by atoms with Crippen molar-refractivity contribution < 1.29 is 24.3 Å². The predicted molar refractivity (Wildman–Crippen MR) is 178 cm³/mol. The van der Waals surface area contributed by atoms with Gasteiger partial charge in [-0.15, -0.1) is 0 Å². The minimum absolute atomic E-state index is 0.161. The summed E-state index contributed by atoms with van der Waals surface area (Å²) in [5.41, 5.74) is 3.24. The fraction of sp³-hybridized carbons (Fsp3) is 0.135. The van der Waals surface area contributed by atoms with E-state index in [0.717, 1.165) is 23.3 Å². The molecule has 0 atom stereocenters. The van der Waals surface area contributed by atoms with Gasteiger partial charge in [0.2, 0.25) is 11.8 Å². The van der Waals surface area contributed by atoms with Gasteiger partial charge in [-0.2, -0.15) is 0 Å². The molecule has 0 radical (unpaired) electrons. The molecule has 4 aromatic rings. The first-order valence-electron chi connectivity index (χ1n) is 14.8. The summed E-state index contributed by atoms with van der Waals surface area (Å²) in [5, 5.41) is 15.3. The molecule has 234 valence electrons. The van der Waals surface area contributed by atoms with Crippen molar-refractivity contribution >= 4 is 35.0 Å². The van der Waals surface area contributed by atoms with Crippen LogP contribution in [0.15, 0.2) is 146 Å². The van der Waals surface area contributed by atoms with Crippen LogP contribution >= 0.6 is 0 Å². The van der Waals surface area contributed by atoms with E-state index < -0.39 is 17.9 Å². The molecule has 0 aliphatic rings. The Labute approximate surface area is 268 Å². The molecule has 0 aromatic heterocycles. The number of carbonyl (C=O) groups is 4. The highest BCUT2D eigenvalue weighted by Crippen LogP contribution is 2.19. The van der Waals surface area contributed by atoms with Gasteiger partial charge >= 0.3 is 0 Å². The number of para-hydroxylation sites is 2. The lowest BCUT2D eigenvalue weighted by Crippen LogP contribution is -2.39. The summed E-state index contributed by atoms with van der Waals surface area (Å²) in [6, 6.07) is 37.3. The Morgan fingerprint density at radius 2 is 0.848 bits per heavy atom. The zero-order valence-electron chi connectivity index (χ0n) is 25.2. The molecular formula is C37H36N4O5. The number of anilines is 2. The van der Waals surface area contributed by atoms with E-state index in [2.05, 4.69) is 10.6 Å². The Bertz CT molecular complexity index is 1500. The molecule has 0 saturated carbocycles. The number of hydrogen-bond donors (Lipinski definition) is 3. The van der Waals surface area contributed by atoms with E-state index in [9.17, 15) is 24.3 Å². The normalized spacial score (nSPS) is 11.0. The fourth-order valence-corrected chi connectivity index (χ4v) is 4.44. The number of hydrogen-bond acceptors (Lipinski definition) is 5.